The Morgan fingerprint density at radius 2 is 1.71 bits per heavy atom. The van der Waals surface area contributed by atoms with Crippen LogP contribution in [0.5, 0.6) is 0 Å². The minimum absolute atomic E-state index is 0.111. The molecular weight excluding hydrogens is 438 g/mol. The van der Waals surface area contributed by atoms with E-state index >= 15 is 0 Å². The molecule has 1 saturated heterocycles. The largest absolute Gasteiger partial charge is 0.340 e. The summed E-state index contributed by atoms with van der Waals surface area (Å²) in [5, 5.41) is 4.60. The topological polar surface area (TPSA) is 62.9 Å². The number of aromatic nitrogens is 3. The molecule has 7 nitrogen and oxygen atoms in total. The molecule has 0 atom stereocenters. The van der Waals surface area contributed by atoms with E-state index in [1.807, 2.05) is 11.0 Å². The van der Waals surface area contributed by atoms with Crippen LogP contribution in [0.3, 0.4) is 0 Å². The van der Waals surface area contributed by atoms with Crippen molar-refractivity contribution in [1.82, 2.24) is 24.0 Å². The van der Waals surface area contributed by atoms with Crippen molar-refractivity contribution < 1.29 is 4.79 Å². The molecule has 2 fully saturated rings. The highest BCUT2D eigenvalue weighted by Crippen LogP contribution is 2.24. The highest BCUT2D eigenvalue weighted by atomic mass is 16.2. The van der Waals surface area contributed by atoms with Gasteiger partial charge in [-0.25, -0.2) is 4.52 Å². The van der Waals surface area contributed by atoms with Crippen molar-refractivity contribution in [3.63, 3.8) is 0 Å². The van der Waals surface area contributed by atoms with Crippen molar-refractivity contribution in [3.05, 3.63) is 58.6 Å². The van der Waals surface area contributed by atoms with Crippen LogP contribution in [-0.2, 0) is 11.3 Å². The molecule has 0 N–H and O–H groups in total. The molecule has 1 amide bonds. The summed E-state index contributed by atoms with van der Waals surface area (Å²) < 4.78 is 3.27. The number of hydrogen-bond donors (Lipinski definition) is 0. The predicted octanol–water partition coefficient (Wildman–Crippen LogP) is 4.15. The van der Waals surface area contributed by atoms with Gasteiger partial charge in [-0.3, -0.25) is 14.5 Å². The first-order valence-corrected chi connectivity index (χ1v) is 13.2. The first kappa shape index (κ1) is 23.8. The number of fused-ring (bicyclic) bond motifs is 1. The van der Waals surface area contributed by atoms with Gasteiger partial charge in [-0.05, 0) is 30.4 Å². The Balaban J connectivity index is 1.21. The van der Waals surface area contributed by atoms with E-state index in [9.17, 15) is 9.59 Å². The average Bonchev–Trinajstić information content (AvgIpc) is 3.34. The lowest BCUT2D eigenvalue weighted by Gasteiger charge is -2.40. The van der Waals surface area contributed by atoms with Crippen molar-refractivity contribution in [3.8, 4) is 11.3 Å². The summed E-state index contributed by atoms with van der Waals surface area (Å²) >= 11 is 0. The van der Waals surface area contributed by atoms with E-state index in [2.05, 4.69) is 48.1 Å². The average molecular weight is 476 g/mol. The van der Waals surface area contributed by atoms with Crippen LogP contribution in [0.1, 0.15) is 63.9 Å². The molecule has 2 aliphatic rings. The van der Waals surface area contributed by atoms with Gasteiger partial charge in [-0.2, -0.15) is 5.10 Å². The van der Waals surface area contributed by atoms with Crippen LogP contribution in [0.4, 0.5) is 0 Å². The van der Waals surface area contributed by atoms with Crippen molar-refractivity contribution >= 4 is 11.4 Å². The second-order valence-electron chi connectivity index (χ2n) is 10.4. The lowest BCUT2D eigenvalue weighted by molar-refractivity contribution is -0.133. The van der Waals surface area contributed by atoms with Crippen molar-refractivity contribution in [2.75, 3.05) is 26.2 Å². The van der Waals surface area contributed by atoms with Crippen LogP contribution in [0, 0.1) is 0 Å². The third kappa shape index (κ3) is 5.20. The summed E-state index contributed by atoms with van der Waals surface area (Å²) in [5.74, 6) is 0.611. The Morgan fingerprint density at radius 3 is 2.40 bits per heavy atom. The molecule has 2 aromatic heterocycles. The SMILES string of the molecule is CC(C)c1ccc(-c2cc3c(=O)n(CCC(=O)N4CCN(C5CCCCC5)CC4)ccn3n2)cc1. The monoisotopic (exact) mass is 475 g/mol. The maximum absolute atomic E-state index is 13.1. The number of carbonyl (C=O) groups is 1. The summed E-state index contributed by atoms with van der Waals surface area (Å²) in [6.07, 6.45) is 10.5. The van der Waals surface area contributed by atoms with E-state index in [1.165, 1.54) is 37.7 Å². The smallest absolute Gasteiger partial charge is 0.276 e. The fraction of sp³-hybridized carbons (Fsp3) is 0.536. The van der Waals surface area contributed by atoms with E-state index in [-0.39, 0.29) is 11.5 Å². The second kappa shape index (κ2) is 10.4. The van der Waals surface area contributed by atoms with E-state index < -0.39 is 0 Å². The molecule has 0 bridgehead atoms. The number of piperazine rings is 1. The Labute approximate surface area is 207 Å². The number of rotatable bonds is 6. The van der Waals surface area contributed by atoms with Crippen LogP contribution < -0.4 is 5.56 Å². The number of nitrogens with zero attached hydrogens (tertiary/aromatic N) is 5. The predicted molar refractivity (Wildman–Crippen MR) is 139 cm³/mol. The number of amides is 1. The third-order valence-corrected chi connectivity index (χ3v) is 7.80. The van der Waals surface area contributed by atoms with Gasteiger partial charge < -0.3 is 9.47 Å². The van der Waals surface area contributed by atoms with Gasteiger partial charge in [0.1, 0.15) is 5.52 Å². The van der Waals surface area contributed by atoms with E-state index in [0.717, 1.165) is 37.4 Å². The summed E-state index contributed by atoms with van der Waals surface area (Å²) in [6, 6.07) is 10.9. The van der Waals surface area contributed by atoms with Crippen molar-refractivity contribution in [1.29, 1.82) is 0 Å². The molecule has 0 radical (unpaired) electrons. The summed E-state index contributed by atoms with van der Waals surface area (Å²) in [6.45, 7) is 8.27. The molecule has 0 spiro atoms. The standard InChI is InChI=1S/C28H37N5O2/c1-21(2)22-8-10-23(11-9-22)25-20-26-28(35)32(18-19-33(26)29-25)13-12-27(34)31-16-14-30(15-17-31)24-6-4-3-5-7-24/h8-11,18-21,24H,3-7,12-17H2,1-2H3. The Hall–Kier alpha value is -2.93. The molecule has 3 heterocycles. The van der Waals surface area contributed by atoms with Crippen LogP contribution >= 0.6 is 0 Å². The lowest BCUT2D eigenvalue weighted by Crippen LogP contribution is -2.52. The maximum Gasteiger partial charge on any atom is 0.276 e. The fourth-order valence-electron chi connectivity index (χ4n) is 5.54. The van der Waals surface area contributed by atoms with Crippen LogP contribution in [-0.4, -0.2) is 62.1 Å². The summed E-state index contributed by atoms with van der Waals surface area (Å²) in [5.41, 5.74) is 3.47. The third-order valence-electron chi connectivity index (χ3n) is 7.80. The van der Waals surface area contributed by atoms with Crippen LogP contribution in [0.25, 0.3) is 16.8 Å². The van der Waals surface area contributed by atoms with Gasteiger partial charge in [-0.15, -0.1) is 0 Å². The normalized spacial score (nSPS) is 18.0. The highest BCUT2D eigenvalue weighted by Gasteiger charge is 2.26. The molecule has 186 valence electrons. The Kier molecular flexibility index (Phi) is 7.04. The van der Waals surface area contributed by atoms with E-state index in [4.69, 9.17) is 0 Å². The first-order chi connectivity index (χ1) is 17.0. The maximum atomic E-state index is 13.1. The molecule has 7 heteroatoms. The van der Waals surface area contributed by atoms with Gasteiger partial charge in [-0.1, -0.05) is 57.4 Å². The zero-order valence-electron chi connectivity index (χ0n) is 21.0. The van der Waals surface area contributed by atoms with Crippen molar-refractivity contribution in [2.45, 2.75) is 70.9 Å². The number of aryl methyl sites for hydroxylation is 1. The molecule has 1 saturated carbocycles. The van der Waals surface area contributed by atoms with E-state index in [0.29, 0.717) is 30.4 Å². The molecule has 1 aliphatic carbocycles. The number of benzene rings is 1. The molecule has 1 aromatic carbocycles. The first-order valence-electron chi connectivity index (χ1n) is 13.2. The minimum atomic E-state index is -0.111. The lowest BCUT2D eigenvalue weighted by atomic mass is 9.94. The summed E-state index contributed by atoms with van der Waals surface area (Å²) in [4.78, 5) is 30.5. The second-order valence-corrected chi connectivity index (χ2v) is 10.4. The molecule has 5 rings (SSSR count). The fourth-order valence-corrected chi connectivity index (χ4v) is 5.54. The summed E-state index contributed by atoms with van der Waals surface area (Å²) in [7, 11) is 0. The molecule has 1 aliphatic heterocycles. The van der Waals surface area contributed by atoms with Gasteiger partial charge in [0.2, 0.25) is 5.91 Å². The van der Waals surface area contributed by atoms with Gasteiger partial charge in [0.25, 0.3) is 5.56 Å². The van der Waals surface area contributed by atoms with E-state index in [1.54, 1.807) is 21.5 Å². The van der Waals surface area contributed by atoms with Crippen molar-refractivity contribution in [2.24, 2.45) is 0 Å². The number of carbonyl (C=O) groups excluding carboxylic acids is 1. The minimum Gasteiger partial charge on any atom is -0.340 e. The molecule has 0 unspecified atom stereocenters. The highest BCUT2D eigenvalue weighted by molar-refractivity contribution is 5.76. The van der Waals surface area contributed by atoms with Gasteiger partial charge in [0.15, 0.2) is 0 Å². The zero-order valence-corrected chi connectivity index (χ0v) is 21.0. The Bertz CT molecular complexity index is 1210. The number of hydrogen-bond acceptors (Lipinski definition) is 4. The van der Waals surface area contributed by atoms with Gasteiger partial charge >= 0.3 is 0 Å². The zero-order chi connectivity index (χ0) is 24.4. The molecular formula is C28H37N5O2. The van der Waals surface area contributed by atoms with Gasteiger partial charge in [0.05, 0.1) is 5.69 Å². The quantitative estimate of drug-likeness (QED) is 0.537. The molecule has 3 aromatic rings. The van der Waals surface area contributed by atoms with Crippen LogP contribution in [0.2, 0.25) is 0 Å². The molecule has 35 heavy (non-hydrogen) atoms. The van der Waals surface area contributed by atoms with Crippen LogP contribution in [0.15, 0.2) is 47.5 Å². The Morgan fingerprint density at radius 1 is 1.00 bits per heavy atom. The van der Waals surface area contributed by atoms with Gasteiger partial charge in [0, 0.05) is 63.1 Å².